The molecule has 7 heteroatoms. The first kappa shape index (κ1) is 20.7. The predicted octanol–water partition coefficient (Wildman–Crippen LogP) is 5.55. The highest BCUT2D eigenvalue weighted by molar-refractivity contribution is 6.35. The maximum atomic E-state index is 12.1. The molecule has 0 saturated heterocycles. The molecule has 0 amide bonds. The SMILES string of the molecule is COc1cc(/C=C/c2ccncc2)ccc1OC(=O)COc1ccc(Cl)cc1Cl. The topological polar surface area (TPSA) is 57.7 Å². The normalized spacial score (nSPS) is 10.7. The van der Waals surface area contributed by atoms with E-state index < -0.39 is 5.97 Å². The number of hydrogen-bond donors (Lipinski definition) is 0. The van der Waals surface area contributed by atoms with E-state index in [1.165, 1.54) is 13.2 Å². The van der Waals surface area contributed by atoms with Gasteiger partial charge in [-0.1, -0.05) is 41.4 Å². The predicted molar refractivity (Wildman–Crippen MR) is 114 cm³/mol. The van der Waals surface area contributed by atoms with Gasteiger partial charge in [-0.2, -0.15) is 0 Å². The van der Waals surface area contributed by atoms with Gasteiger partial charge in [0.2, 0.25) is 0 Å². The Morgan fingerprint density at radius 3 is 2.38 bits per heavy atom. The van der Waals surface area contributed by atoms with Gasteiger partial charge < -0.3 is 14.2 Å². The number of nitrogens with zero attached hydrogens (tertiary/aromatic N) is 1. The van der Waals surface area contributed by atoms with E-state index in [1.54, 1.807) is 36.7 Å². The molecular weight excluding hydrogens is 413 g/mol. The van der Waals surface area contributed by atoms with E-state index in [0.29, 0.717) is 27.3 Å². The molecule has 0 aliphatic heterocycles. The molecule has 0 atom stereocenters. The first-order valence-corrected chi connectivity index (χ1v) is 9.35. The van der Waals surface area contributed by atoms with Gasteiger partial charge in [0.25, 0.3) is 0 Å². The van der Waals surface area contributed by atoms with E-state index in [-0.39, 0.29) is 6.61 Å². The summed E-state index contributed by atoms with van der Waals surface area (Å²) >= 11 is 11.9. The maximum Gasteiger partial charge on any atom is 0.349 e. The largest absolute Gasteiger partial charge is 0.493 e. The summed E-state index contributed by atoms with van der Waals surface area (Å²) in [4.78, 5) is 16.1. The van der Waals surface area contributed by atoms with Crippen molar-refractivity contribution in [1.82, 2.24) is 4.98 Å². The van der Waals surface area contributed by atoms with Gasteiger partial charge in [0, 0.05) is 17.4 Å². The summed E-state index contributed by atoms with van der Waals surface area (Å²) in [6.07, 6.45) is 7.32. The lowest BCUT2D eigenvalue weighted by molar-refractivity contribution is -0.136. The van der Waals surface area contributed by atoms with Crippen LogP contribution < -0.4 is 14.2 Å². The Hall–Kier alpha value is -3.02. The number of rotatable bonds is 7. The maximum absolute atomic E-state index is 12.1. The molecule has 0 aliphatic rings. The zero-order chi connectivity index (χ0) is 20.6. The van der Waals surface area contributed by atoms with Gasteiger partial charge in [0.05, 0.1) is 12.1 Å². The van der Waals surface area contributed by atoms with E-state index in [9.17, 15) is 4.79 Å². The van der Waals surface area contributed by atoms with Gasteiger partial charge >= 0.3 is 5.97 Å². The van der Waals surface area contributed by atoms with Crippen LogP contribution in [0.25, 0.3) is 12.2 Å². The summed E-state index contributed by atoms with van der Waals surface area (Å²) in [5, 5.41) is 0.793. The Morgan fingerprint density at radius 2 is 1.66 bits per heavy atom. The first-order chi connectivity index (χ1) is 14.0. The fraction of sp³-hybridized carbons (Fsp3) is 0.0909. The van der Waals surface area contributed by atoms with Crippen molar-refractivity contribution in [1.29, 1.82) is 0 Å². The minimum absolute atomic E-state index is 0.296. The molecule has 3 aromatic rings. The minimum atomic E-state index is -0.589. The van der Waals surface area contributed by atoms with Crippen LogP contribution in [0.15, 0.2) is 60.9 Å². The number of methoxy groups -OCH3 is 1. The van der Waals surface area contributed by atoms with Crippen LogP contribution in [-0.2, 0) is 4.79 Å². The van der Waals surface area contributed by atoms with E-state index in [4.69, 9.17) is 37.4 Å². The van der Waals surface area contributed by atoms with E-state index in [1.807, 2.05) is 30.4 Å². The number of hydrogen-bond acceptors (Lipinski definition) is 5. The van der Waals surface area contributed by atoms with E-state index in [0.717, 1.165) is 11.1 Å². The monoisotopic (exact) mass is 429 g/mol. The number of halogens is 2. The van der Waals surface area contributed by atoms with Crippen LogP contribution in [0.5, 0.6) is 17.2 Å². The molecular formula is C22H17Cl2NO4. The van der Waals surface area contributed by atoms with Crippen molar-refractivity contribution in [3.05, 3.63) is 82.1 Å². The van der Waals surface area contributed by atoms with Crippen molar-refractivity contribution in [3.8, 4) is 17.2 Å². The molecule has 148 valence electrons. The van der Waals surface area contributed by atoms with Gasteiger partial charge in [-0.05, 0) is 53.6 Å². The second-order valence-electron chi connectivity index (χ2n) is 5.86. The van der Waals surface area contributed by atoms with Crippen LogP contribution >= 0.6 is 23.2 Å². The van der Waals surface area contributed by atoms with E-state index >= 15 is 0 Å². The smallest absolute Gasteiger partial charge is 0.349 e. The first-order valence-electron chi connectivity index (χ1n) is 8.60. The number of carbonyl (C=O) groups excluding carboxylic acids is 1. The zero-order valence-electron chi connectivity index (χ0n) is 15.5. The number of ether oxygens (including phenoxy) is 3. The molecule has 0 aliphatic carbocycles. The number of carbonyl (C=O) groups is 1. The van der Waals surface area contributed by atoms with Crippen LogP contribution in [0.3, 0.4) is 0 Å². The zero-order valence-corrected chi connectivity index (χ0v) is 17.0. The lowest BCUT2D eigenvalue weighted by atomic mass is 10.1. The minimum Gasteiger partial charge on any atom is -0.493 e. The van der Waals surface area contributed by atoms with Crippen molar-refractivity contribution in [2.75, 3.05) is 13.7 Å². The van der Waals surface area contributed by atoms with E-state index in [2.05, 4.69) is 4.98 Å². The van der Waals surface area contributed by atoms with Crippen LogP contribution in [-0.4, -0.2) is 24.7 Å². The number of esters is 1. The molecule has 1 heterocycles. The molecule has 1 aromatic heterocycles. The van der Waals surface area contributed by atoms with Gasteiger partial charge in [-0.25, -0.2) is 4.79 Å². The summed E-state index contributed by atoms with van der Waals surface area (Å²) in [6, 6.07) is 13.8. The lowest BCUT2D eigenvalue weighted by Gasteiger charge is -2.11. The molecule has 29 heavy (non-hydrogen) atoms. The van der Waals surface area contributed by atoms with Gasteiger partial charge in [0.1, 0.15) is 5.75 Å². The second-order valence-corrected chi connectivity index (χ2v) is 6.71. The fourth-order valence-electron chi connectivity index (χ4n) is 2.42. The van der Waals surface area contributed by atoms with Crippen molar-refractivity contribution < 1.29 is 19.0 Å². The number of pyridine rings is 1. The molecule has 0 fully saturated rings. The Morgan fingerprint density at radius 1 is 0.931 bits per heavy atom. The third kappa shape index (κ3) is 5.98. The molecule has 3 rings (SSSR count). The average molecular weight is 430 g/mol. The van der Waals surface area contributed by atoms with Gasteiger partial charge in [-0.3, -0.25) is 4.98 Å². The van der Waals surface area contributed by atoms with Crippen LogP contribution in [0.1, 0.15) is 11.1 Å². The molecule has 5 nitrogen and oxygen atoms in total. The number of benzene rings is 2. The highest BCUT2D eigenvalue weighted by Gasteiger charge is 2.12. The van der Waals surface area contributed by atoms with Crippen molar-refractivity contribution in [2.24, 2.45) is 0 Å². The Labute approximate surface area is 178 Å². The third-order valence-corrected chi connectivity index (χ3v) is 4.36. The van der Waals surface area contributed by atoms with Crippen LogP contribution in [0, 0.1) is 0 Å². The van der Waals surface area contributed by atoms with Gasteiger partial charge in [0.15, 0.2) is 18.1 Å². The highest BCUT2D eigenvalue weighted by Crippen LogP contribution is 2.30. The third-order valence-electron chi connectivity index (χ3n) is 3.83. The van der Waals surface area contributed by atoms with Crippen molar-refractivity contribution >= 4 is 41.3 Å². The van der Waals surface area contributed by atoms with Crippen molar-refractivity contribution in [2.45, 2.75) is 0 Å². The molecule has 0 radical (unpaired) electrons. The summed E-state index contributed by atoms with van der Waals surface area (Å²) in [5.74, 6) is 0.482. The summed E-state index contributed by atoms with van der Waals surface area (Å²) in [6.45, 7) is -0.311. The Kier molecular flexibility index (Phi) is 7.11. The van der Waals surface area contributed by atoms with Crippen LogP contribution in [0.4, 0.5) is 0 Å². The molecule has 0 unspecified atom stereocenters. The summed E-state index contributed by atoms with van der Waals surface area (Å²) < 4.78 is 16.1. The molecule has 0 spiro atoms. The average Bonchev–Trinajstić information content (AvgIpc) is 2.73. The second kappa shape index (κ2) is 9.96. The molecule has 0 saturated carbocycles. The molecule has 0 bridgehead atoms. The quantitative estimate of drug-likeness (QED) is 0.363. The number of aromatic nitrogens is 1. The molecule has 0 N–H and O–H groups in total. The lowest BCUT2D eigenvalue weighted by Crippen LogP contribution is -2.18. The van der Waals surface area contributed by atoms with Gasteiger partial charge in [-0.15, -0.1) is 0 Å². The highest BCUT2D eigenvalue weighted by atomic mass is 35.5. The molecule has 2 aromatic carbocycles. The Bertz CT molecular complexity index is 1020. The Balaban J connectivity index is 1.64. The standard InChI is InChI=1S/C22H17Cl2NO4/c1-27-21-12-16(3-2-15-8-10-25-11-9-15)4-6-20(21)29-22(26)14-28-19-7-5-17(23)13-18(19)24/h2-13H,14H2,1H3/b3-2+. The van der Waals surface area contributed by atoms with Crippen LogP contribution in [0.2, 0.25) is 10.0 Å². The summed E-state index contributed by atoms with van der Waals surface area (Å²) in [7, 11) is 1.51. The summed E-state index contributed by atoms with van der Waals surface area (Å²) in [5.41, 5.74) is 1.91. The van der Waals surface area contributed by atoms with Crippen molar-refractivity contribution in [3.63, 3.8) is 0 Å². The fourth-order valence-corrected chi connectivity index (χ4v) is 2.88.